The Labute approximate surface area is 91.0 Å². The summed E-state index contributed by atoms with van der Waals surface area (Å²) in [6.45, 7) is 7.34. The molecule has 0 unspecified atom stereocenters. The molecule has 0 amide bonds. The van der Waals surface area contributed by atoms with Crippen molar-refractivity contribution in [1.29, 1.82) is 0 Å². The van der Waals surface area contributed by atoms with Crippen molar-refractivity contribution in [2.24, 2.45) is 0 Å². The first-order valence-corrected chi connectivity index (χ1v) is 7.52. The van der Waals surface area contributed by atoms with E-state index in [-0.39, 0.29) is 6.10 Å². The number of nitrogens with two attached hydrogens (primary N) is 1. The van der Waals surface area contributed by atoms with Crippen LogP contribution in [-0.2, 0) is 4.57 Å². The molecule has 0 atom stereocenters. The summed E-state index contributed by atoms with van der Waals surface area (Å²) in [5.74, 6) is 0.617. The van der Waals surface area contributed by atoms with Gasteiger partial charge in [0.05, 0.1) is 11.8 Å². The van der Waals surface area contributed by atoms with Crippen LogP contribution in [0.5, 0.6) is 5.75 Å². The van der Waals surface area contributed by atoms with Crippen LogP contribution in [-0.4, -0.2) is 19.4 Å². The number of benzene rings is 1. The van der Waals surface area contributed by atoms with Crippen molar-refractivity contribution in [2.45, 2.75) is 20.0 Å². The average Bonchev–Trinajstić information content (AvgIpc) is 2.06. The smallest absolute Gasteiger partial charge is 0.143 e. The monoisotopic (exact) mass is 227 g/mol. The molecule has 0 saturated carbocycles. The third-order valence-corrected chi connectivity index (χ3v) is 3.50. The highest BCUT2D eigenvalue weighted by atomic mass is 31.2. The molecule has 1 aromatic rings. The van der Waals surface area contributed by atoms with Gasteiger partial charge in [-0.1, -0.05) is 0 Å². The van der Waals surface area contributed by atoms with Crippen LogP contribution in [0.25, 0.3) is 0 Å². The number of hydrogen-bond donors (Lipinski definition) is 1. The molecule has 15 heavy (non-hydrogen) atoms. The van der Waals surface area contributed by atoms with E-state index >= 15 is 0 Å². The number of nitrogen functional groups attached to an aromatic ring is 1. The minimum atomic E-state index is -2.24. The predicted octanol–water partition coefficient (Wildman–Crippen LogP) is 2.30. The van der Waals surface area contributed by atoms with E-state index in [4.69, 9.17) is 10.5 Å². The molecular weight excluding hydrogens is 209 g/mol. The van der Waals surface area contributed by atoms with Crippen molar-refractivity contribution in [3.05, 3.63) is 18.2 Å². The van der Waals surface area contributed by atoms with Crippen LogP contribution >= 0.6 is 7.14 Å². The van der Waals surface area contributed by atoms with E-state index in [2.05, 4.69) is 0 Å². The van der Waals surface area contributed by atoms with E-state index < -0.39 is 7.14 Å². The molecule has 0 radical (unpaired) electrons. The maximum Gasteiger partial charge on any atom is 0.143 e. The molecule has 1 rings (SSSR count). The summed E-state index contributed by atoms with van der Waals surface area (Å²) in [5.41, 5.74) is 6.35. The summed E-state index contributed by atoms with van der Waals surface area (Å²) in [6, 6.07) is 5.31. The largest absolute Gasteiger partial charge is 0.489 e. The predicted molar refractivity (Wildman–Crippen MR) is 65.7 cm³/mol. The summed E-state index contributed by atoms with van der Waals surface area (Å²) in [5, 5.41) is 0.798. The van der Waals surface area contributed by atoms with Crippen LogP contribution in [0.15, 0.2) is 18.2 Å². The van der Waals surface area contributed by atoms with Crippen molar-refractivity contribution in [2.75, 3.05) is 19.1 Å². The van der Waals surface area contributed by atoms with Crippen LogP contribution in [0.3, 0.4) is 0 Å². The first-order chi connectivity index (χ1) is 6.80. The summed E-state index contributed by atoms with van der Waals surface area (Å²) in [7, 11) is -2.24. The normalized spacial score (nSPS) is 11.8. The number of ether oxygens (including phenoxy) is 1. The van der Waals surface area contributed by atoms with Gasteiger partial charge in [0.2, 0.25) is 0 Å². The van der Waals surface area contributed by atoms with Crippen LogP contribution < -0.4 is 15.8 Å². The van der Waals surface area contributed by atoms with Crippen molar-refractivity contribution >= 4 is 18.1 Å². The Morgan fingerprint density at radius 2 is 1.93 bits per heavy atom. The van der Waals surface area contributed by atoms with E-state index in [0.29, 0.717) is 11.4 Å². The molecule has 1 aromatic carbocycles. The third kappa shape index (κ3) is 3.28. The second kappa shape index (κ2) is 4.28. The van der Waals surface area contributed by atoms with E-state index in [9.17, 15) is 4.57 Å². The first-order valence-electron chi connectivity index (χ1n) is 4.92. The molecule has 0 spiro atoms. The Morgan fingerprint density at radius 3 is 2.40 bits per heavy atom. The molecule has 0 aliphatic rings. The van der Waals surface area contributed by atoms with Crippen molar-refractivity contribution in [3.63, 3.8) is 0 Å². The quantitative estimate of drug-likeness (QED) is 0.636. The van der Waals surface area contributed by atoms with E-state index in [0.717, 1.165) is 5.30 Å². The Kier molecular flexibility index (Phi) is 3.46. The van der Waals surface area contributed by atoms with Crippen LogP contribution in [0, 0.1) is 0 Å². The molecule has 0 aliphatic heterocycles. The first kappa shape index (κ1) is 12.1. The van der Waals surface area contributed by atoms with Crippen LogP contribution in [0.4, 0.5) is 5.69 Å². The highest BCUT2D eigenvalue weighted by Gasteiger charge is 2.13. The van der Waals surface area contributed by atoms with Gasteiger partial charge in [-0.3, -0.25) is 0 Å². The molecule has 0 fully saturated rings. The molecule has 4 heteroatoms. The molecule has 2 N–H and O–H groups in total. The minimum Gasteiger partial charge on any atom is -0.489 e. The number of rotatable bonds is 3. The zero-order valence-corrected chi connectivity index (χ0v) is 10.5. The average molecular weight is 227 g/mol. The highest BCUT2D eigenvalue weighted by molar-refractivity contribution is 7.70. The third-order valence-electron chi connectivity index (χ3n) is 1.98. The highest BCUT2D eigenvalue weighted by Crippen LogP contribution is 2.36. The van der Waals surface area contributed by atoms with Crippen molar-refractivity contribution in [3.8, 4) is 5.75 Å². The molecule has 0 saturated heterocycles. The second-order valence-electron chi connectivity index (χ2n) is 4.24. The molecule has 0 heterocycles. The summed E-state index contributed by atoms with van der Waals surface area (Å²) in [4.78, 5) is 0. The summed E-state index contributed by atoms with van der Waals surface area (Å²) in [6.07, 6.45) is 0.0654. The maximum atomic E-state index is 11.9. The topological polar surface area (TPSA) is 52.3 Å². The van der Waals surface area contributed by atoms with Gasteiger partial charge in [-0.25, -0.2) is 0 Å². The van der Waals surface area contributed by atoms with E-state index in [1.54, 1.807) is 31.5 Å². The van der Waals surface area contributed by atoms with Gasteiger partial charge in [-0.2, -0.15) is 0 Å². The zero-order chi connectivity index (χ0) is 11.6. The standard InChI is InChI=1S/C11H18NO2P/c1-8(2)14-11-7-9(15(3,4)13)5-6-10(11)12/h5-8H,12H2,1-4H3. The molecule has 84 valence electrons. The van der Waals surface area contributed by atoms with Gasteiger partial charge in [-0.05, 0) is 45.4 Å². The van der Waals surface area contributed by atoms with Gasteiger partial charge in [0.1, 0.15) is 12.9 Å². The summed E-state index contributed by atoms with van der Waals surface area (Å²) >= 11 is 0. The van der Waals surface area contributed by atoms with Gasteiger partial charge in [0.25, 0.3) is 0 Å². The van der Waals surface area contributed by atoms with Crippen molar-refractivity contribution in [1.82, 2.24) is 0 Å². The zero-order valence-electron chi connectivity index (χ0n) is 9.65. The van der Waals surface area contributed by atoms with Gasteiger partial charge < -0.3 is 15.0 Å². The fraction of sp³-hybridized carbons (Fsp3) is 0.455. The van der Waals surface area contributed by atoms with Gasteiger partial charge >= 0.3 is 0 Å². The maximum absolute atomic E-state index is 11.9. The van der Waals surface area contributed by atoms with Crippen LogP contribution in [0.1, 0.15) is 13.8 Å². The second-order valence-corrected chi connectivity index (χ2v) is 7.46. The summed E-state index contributed by atoms with van der Waals surface area (Å²) < 4.78 is 17.4. The van der Waals surface area contributed by atoms with Gasteiger partial charge in [0.15, 0.2) is 0 Å². The lowest BCUT2D eigenvalue weighted by molar-refractivity contribution is 0.244. The lowest BCUT2D eigenvalue weighted by Crippen LogP contribution is -2.11. The van der Waals surface area contributed by atoms with Gasteiger partial charge in [-0.15, -0.1) is 0 Å². The van der Waals surface area contributed by atoms with E-state index in [1.165, 1.54) is 0 Å². The Bertz CT molecular complexity index is 396. The molecule has 0 bridgehead atoms. The fourth-order valence-corrected chi connectivity index (χ4v) is 2.08. The Morgan fingerprint density at radius 1 is 1.33 bits per heavy atom. The lowest BCUT2D eigenvalue weighted by Gasteiger charge is -2.14. The molecule has 0 aromatic heterocycles. The number of anilines is 1. The van der Waals surface area contributed by atoms with E-state index in [1.807, 2.05) is 13.8 Å². The number of hydrogen-bond acceptors (Lipinski definition) is 3. The lowest BCUT2D eigenvalue weighted by atomic mass is 10.3. The molecular formula is C11H18NO2P. The van der Waals surface area contributed by atoms with Gasteiger partial charge in [0, 0.05) is 5.30 Å². The Balaban J connectivity index is 3.11. The molecule has 3 nitrogen and oxygen atoms in total. The SMILES string of the molecule is CC(C)Oc1cc(P(C)(C)=O)ccc1N. The fourth-order valence-electron chi connectivity index (χ4n) is 1.21. The van der Waals surface area contributed by atoms with Crippen molar-refractivity contribution < 1.29 is 9.30 Å². The Hall–Kier alpha value is -0.950. The minimum absolute atomic E-state index is 0.0654. The molecule has 0 aliphatic carbocycles. The van der Waals surface area contributed by atoms with Crippen LogP contribution in [0.2, 0.25) is 0 Å².